The van der Waals surface area contributed by atoms with Crippen LogP contribution in [0.5, 0.6) is 0 Å². The van der Waals surface area contributed by atoms with Crippen molar-refractivity contribution in [3.8, 4) is 11.8 Å². The number of fused-ring (bicyclic) bond motifs is 7. The van der Waals surface area contributed by atoms with Crippen molar-refractivity contribution >= 4 is 23.8 Å². The van der Waals surface area contributed by atoms with E-state index in [1.165, 1.54) is 36.8 Å². The Labute approximate surface area is 471 Å². The number of hydrogen-bond acceptors (Lipinski definition) is 17. The number of aliphatic hydroxyl groups is 6. The number of hydrogen-bond donors (Lipinski definition) is 6. The lowest BCUT2D eigenvalue weighted by molar-refractivity contribution is -0.262. The number of rotatable bonds is 11. The molecule has 0 spiro atoms. The Kier molecular flexibility index (Phi) is 27.1. The van der Waals surface area contributed by atoms with Crippen LogP contribution in [0.1, 0.15) is 178 Å². The fourth-order valence-electron chi connectivity index (χ4n) is 13.8. The van der Waals surface area contributed by atoms with Crippen LogP contribution >= 0.6 is 0 Å². The molecule has 3 saturated carbocycles. The van der Waals surface area contributed by atoms with Gasteiger partial charge in [-0.1, -0.05) is 85.3 Å². The summed E-state index contributed by atoms with van der Waals surface area (Å²) in [5.74, 6) is 7.52. The fraction of sp³-hybridized carbons (Fsp3) is 0.836. The van der Waals surface area contributed by atoms with E-state index in [0.717, 1.165) is 97.0 Å². The molecule has 9 rings (SSSR count). The quantitative estimate of drug-likeness (QED) is 0.0398. The third-order valence-corrected chi connectivity index (χ3v) is 18.2. The molecule has 0 aromatic heterocycles. The Morgan fingerprint density at radius 2 is 1.41 bits per heavy atom. The topological polar surface area (TPSA) is 258 Å². The first kappa shape index (κ1) is 68.2. The molecular formula is C61H101NO17. The maximum Gasteiger partial charge on any atom is 0.315 e. The number of carbonyl (C=O) groups excluding carboxylic acids is 4. The highest BCUT2D eigenvalue weighted by Crippen LogP contribution is 2.69. The summed E-state index contributed by atoms with van der Waals surface area (Å²) in [5.41, 5.74) is 1.15. The minimum atomic E-state index is -1.04. The van der Waals surface area contributed by atoms with Crippen molar-refractivity contribution in [3.63, 3.8) is 0 Å². The van der Waals surface area contributed by atoms with Crippen LogP contribution in [0.25, 0.3) is 0 Å². The van der Waals surface area contributed by atoms with Crippen molar-refractivity contribution in [1.29, 1.82) is 0 Å². The van der Waals surface area contributed by atoms with Gasteiger partial charge in [0.1, 0.15) is 24.4 Å². The Morgan fingerprint density at radius 1 is 0.734 bits per heavy atom. The van der Waals surface area contributed by atoms with E-state index >= 15 is 0 Å². The molecule has 5 aliphatic carbocycles. The van der Waals surface area contributed by atoms with Gasteiger partial charge in [-0.25, -0.2) is 0 Å². The first-order valence-corrected chi connectivity index (χ1v) is 29.6. The molecule has 0 aromatic rings. The van der Waals surface area contributed by atoms with Crippen LogP contribution in [0.4, 0.5) is 0 Å². The van der Waals surface area contributed by atoms with Crippen LogP contribution in [0.2, 0.25) is 0 Å². The van der Waals surface area contributed by atoms with Gasteiger partial charge in [-0.15, -0.1) is 0 Å². The normalized spacial score (nSPS) is 38.6. The zero-order chi connectivity index (χ0) is 58.9. The van der Waals surface area contributed by atoms with Crippen molar-refractivity contribution in [2.45, 2.75) is 239 Å². The van der Waals surface area contributed by atoms with E-state index in [0.29, 0.717) is 50.2 Å². The molecule has 0 aromatic carbocycles. The summed E-state index contributed by atoms with van der Waals surface area (Å²) in [6.07, 6.45) is 12.7. The second kappa shape index (κ2) is 31.4. The maximum absolute atomic E-state index is 14.3. The summed E-state index contributed by atoms with van der Waals surface area (Å²) >= 11 is 0. The highest BCUT2D eigenvalue weighted by atomic mass is 16.7. The zero-order valence-corrected chi connectivity index (χ0v) is 49.8. The van der Waals surface area contributed by atoms with Crippen molar-refractivity contribution < 1.29 is 83.0 Å². The zero-order valence-electron chi connectivity index (χ0n) is 49.8. The Morgan fingerprint density at radius 3 is 2.05 bits per heavy atom. The van der Waals surface area contributed by atoms with E-state index in [1.807, 2.05) is 27.7 Å². The van der Waals surface area contributed by atoms with Gasteiger partial charge >= 0.3 is 11.9 Å². The third-order valence-electron chi connectivity index (χ3n) is 18.2. The van der Waals surface area contributed by atoms with E-state index < -0.39 is 60.9 Å². The Balaban J connectivity index is 0.000000343. The highest BCUT2D eigenvalue weighted by Gasteiger charge is 2.64. The van der Waals surface area contributed by atoms with Gasteiger partial charge in [-0.3, -0.25) is 24.1 Å². The number of aliphatic hydroxyl groups excluding tert-OH is 6. The van der Waals surface area contributed by atoms with Gasteiger partial charge < -0.3 is 63.8 Å². The molecule has 18 nitrogen and oxygen atoms in total. The number of carbonyl (C=O) groups is 4. The molecule has 3 saturated heterocycles. The maximum atomic E-state index is 14.3. The number of amides is 2. The molecule has 79 heavy (non-hydrogen) atoms. The molecule has 18 heteroatoms. The molecule has 2 amide bonds. The summed E-state index contributed by atoms with van der Waals surface area (Å²) in [7, 11) is 3.82. The second-order valence-electron chi connectivity index (χ2n) is 23.6. The van der Waals surface area contributed by atoms with Crippen LogP contribution < -0.4 is 0 Å². The molecule has 4 heterocycles. The van der Waals surface area contributed by atoms with Gasteiger partial charge in [0.15, 0.2) is 12.6 Å². The molecule has 0 radical (unpaired) electrons. The van der Waals surface area contributed by atoms with Crippen LogP contribution in [0, 0.1) is 57.2 Å². The van der Waals surface area contributed by atoms with E-state index in [1.54, 1.807) is 6.92 Å². The monoisotopic (exact) mass is 1120 g/mol. The fourth-order valence-corrected chi connectivity index (χ4v) is 13.8. The van der Waals surface area contributed by atoms with E-state index in [-0.39, 0.29) is 65.0 Å². The number of esters is 2. The van der Waals surface area contributed by atoms with Gasteiger partial charge in [0, 0.05) is 64.7 Å². The molecule has 17 atom stereocenters. The molecule has 6 fully saturated rings. The largest absolute Gasteiger partial charge is 0.469 e. The summed E-state index contributed by atoms with van der Waals surface area (Å²) < 4.78 is 38.1. The third kappa shape index (κ3) is 16.7. The predicted molar refractivity (Wildman–Crippen MR) is 296 cm³/mol. The predicted octanol–water partition coefficient (Wildman–Crippen LogP) is 7.06. The van der Waals surface area contributed by atoms with Crippen LogP contribution in [0.3, 0.4) is 0 Å². The van der Waals surface area contributed by atoms with Gasteiger partial charge in [-0.2, -0.15) is 0 Å². The van der Waals surface area contributed by atoms with E-state index in [2.05, 4.69) is 50.3 Å². The van der Waals surface area contributed by atoms with Crippen molar-refractivity contribution in [2.75, 3.05) is 41.1 Å². The summed E-state index contributed by atoms with van der Waals surface area (Å²) in [4.78, 5) is 48.6. The van der Waals surface area contributed by atoms with Crippen LogP contribution in [-0.4, -0.2) is 162 Å². The first-order valence-electron chi connectivity index (χ1n) is 29.6. The highest BCUT2D eigenvalue weighted by molar-refractivity contribution is 6.12. The molecule has 9 aliphatic rings. The first-order chi connectivity index (χ1) is 37.6. The lowest BCUT2D eigenvalue weighted by atomic mass is 9.40. The Bertz CT molecular complexity index is 2050. The van der Waals surface area contributed by atoms with E-state index in [9.17, 15) is 34.5 Å². The Hall–Kier alpha value is -3.32. The molecular weight excluding hydrogens is 1020 g/mol. The smallest absolute Gasteiger partial charge is 0.315 e. The number of ether oxygens (including phenoxy) is 7. The van der Waals surface area contributed by atoms with Crippen molar-refractivity contribution in [3.05, 3.63) is 23.8 Å². The van der Waals surface area contributed by atoms with Crippen molar-refractivity contribution in [2.24, 2.45) is 45.3 Å². The molecule has 17 unspecified atom stereocenters. The average Bonchev–Trinajstić information content (AvgIpc) is 3.86. The number of allylic oxidation sites excluding steroid dienone is 2. The minimum Gasteiger partial charge on any atom is -0.469 e. The molecule has 6 N–H and O–H groups in total. The van der Waals surface area contributed by atoms with Gasteiger partial charge in [0.05, 0.1) is 37.4 Å². The lowest BCUT2D eigenvalue weighted by Gasteiger charge is -2.64. The SMILES string of the molecule is CC.CC.CC1OC(OC(=O)C23CCC4C(=CCC5C6(C)CCC(OC7OCCCC7O)C#CC6CCC45C)C2CC(C)(C)CC3)C(O)CC1O.CO.COC(=O)CCCCCN1C(=O)C=CC1=O.COC1OCC(O)CC1O. The number of imide groups is 1. The van der Waals surface area contributed by atoms with Gasteiger partial charge in [0.2, 0.25) is 6.29 Å². The van der Waals surface area contributed by atoms with Gasteiger partial charge in [0.25, 0.3) is 11.8 Å². The number of unbranched alkanes of at least 4 members (excludes halogenated alkanes) is 2. The van der Waals surface area contributed by atoms with E-state index in [4.69, 9.17) is 43.7 Å². The standard InChI is InChI=1S/C39H58O8.C11H15NO4.C6H12O4.2C2H6.CH4O/c1-23-30(41)21-31(42)34(45-23)47-35(43)39-17-14-27-26(28(39)22-36(2,3)18-19-39)10-11-32-37(4)16-13-25(46-33-29(40)7-6-20-44-33)9-8-24(37)12-15-38(27,32)5;1-16-11(15)5-3-2-4-8-12-9(13)6-7-10(12)14;1-9-6-5(8)2-4(7)3-10-6;3*1-2/h10,23-25,27-34,40-42H,6-7,11-22H2,1-5H3;6-7H,2-5,8H2,1H3;4-8H,2-3H2,1H3;2*1-2H3;2H,1H3. The average molecular weight is 1120 g/mol. The second-order valence-corrected chi connectivity index (χ2v) is 23.6. The minimum absolute atomic E-state index is 0.0567. The number of nitrogens with zero attached hydrogens (tertiary/aromatic N) is 1. The number of methoxy groups -OCH3 is 2. The summed E-state index contributed by atoms with van der Waals surface area (Å²) in [6, 6.07) is 0. The lowest BCUT2D eigenvalue weighted by Crippen LogP contribution is -2.58. The van der Waals surface area contributed by atoms with Crippen LogP contribution in [0.15, 0.2) is 23.8 Å². The molecule has 4 aliphatic heterocycles. The summed E-state index contributed by atoms with van der Waals surface area (Å²) in [6.45, 7) is 20.7. The van der Waals surface area contributed by atoms with Crippen molar-refractivity contribution in [1.82, 2.24) is 4.90 Å². The molecule has 452 valence electrons. The van der Waals surface area contributed by atoms with Gasteiger partial charge in [-0.05, 0) is 131 Å². The molecule has 0 bridgehead atoms. The van der Waals surface area contributed by atoms with Crippen LogP contribution in [-0.2, 0) is 52.3 Å². The summed E-state index contributed by atoms with van der Waals surface area (Å²) in [5, 5.41) is 56.4.